The first kappa shape index (κ1) is 18.9. The van der Waals surface area contributed by atoms with Gasteiger partial charge in [0.25, 0.3) is 0 Å². The molecule has 0 radical (unpaired) electrons. The smallest absolute Gasteiger partial charge is 0.210 e. The Morgan fingerprint density at radius 1 is 0.966 bits per heavy atom. The summed E-state index contributed by atoms with van der Waals surface area (Å²) in [5.41, 5.74) is 3.28. The van der Waals surface area contributed by atoms with Crippen molar-refractivity contribution in [2.75, 3.05) is 0 Å². The molecule has 0 unspecified atom stereocenters. The molecule has 0 saturated heterocycles. The van der Waals surface area contributed by atoms with E-state index < -0.39 is 5.60 Å². The van der Waals surface area contributed by atoms with Crippen LogP contribution in [0.3, 0.4) is 0 Å². The van der Waals surface area contributed by atoms with Crippen LogP contribution in [0.2, 0.25) is 0 Å². The fourth-order valence-electron chi connectivity index (χ4n) is 3.18. The van der Waals surface area contributed by atoms with Gasteiger partial charge < -0.3 is 9.47 Å². The van der Waals surface area contributed by atoms with Crippen LogP contribution in [0.5, 0.6) is 5.75 Å². The number of hydrogen-bond acceptors (Lipinski definition) is 5. The van der Waals surface area contributed by atoms with Gasteiger partial charge in [0.05, 0.1) is 11.3 Å². The highest BCUT2D eigenvalue weighted by molar-refractivity contribution is 6.32. The summed E-state index contributed by atoms with van der Waals surface area (Å²) in [4.78, 5) is 21.4. The predicted molar refractivity (Wildman–Crippen MR) is 111 cm³/mol. The second kappa shape index (κ2) is 7.51. The third-order valence-electron chi connectivity index (χ3n) is 4.80. The molecule has 0 N–H and O–H groups in total. The Morgan fingerprint density at radius 2 is 1.69 bits per heavy atom. The van der Waals surface area contributed by atoms with Crippen LogP contribution in [0.1, 0.15) is 36.2 Å². The Kier molecular flexibility index (Phi) is 4.89. The van der Waals surface area contributed by atoms with Crippen LogP contribution in [-0.4, -0.2) is 21.4 Å². The zero-order chi connectivity index (χ0) is 20.4. The normalized spacial score (nSPS) is 15.3. The molecule has 0 spiro atoms. The van der Waals surface area contributed by atoms with Gasteiger partial charge in [0, 0.05) is 24.2 Å². The lowest BCUT2D eigenvalue weighted by Crippen LogP contribution is -2.29. The van der Waals surface area contributed by atoms with E-state index in [1.807, 2.05) is 61.7 Å². The van der Waals surface area contributed by atoms with E-state index in [2.05, 4.69) is 9.97 Å². The van der Waals surface area contributed by atoms with E-state index in [9.17, 15) is 4.79 Å². The standard InChI is InChI=1S/C24H22N2O3/c1-16-4-7-19(26-14-16)15-28-20-8-5-17(6-9-20)21-22(18-10-12-25-13-11-18)29-24(2,3)23(21)27/h4-14H,15H2,1-3H3. The summed E-state index contributed by atoms with van der Waals surface area (Å²) in [6, 6.07) is 15.1. The first-order chi connectivity index (χ1) is 13.9. The molecular formula is C24H22N2O3. The van der Waals surface area contributed by atoms with Crippen molar-refractivity contribution in [3.63, 3.8) is 0 Å². The maximum atomic E-state index is 13.0. The number of rotatable bonds is 5. The number of pyridine rings is 2. The highest BCUT2D eigenvalue weighted by Gasteiger charge is 2.42. The van der Waals surface area contributed by atoms with Gasteiger partial charge in [-0.1, -0.05) is 18.2 Å². The lowest BCUT2D eigenvalue weighted by Gasteiger charge is -2.17. The van der Waals surface area contributed by atoms with Gasteiger partial charge in [0.2, 0.25) is 5.78 Å². The fourth-order valence-corrected chi connectivity index (χ4v) is 3.18. The molecule has 0 bridgehead atoms. The lowest BCUT2D eigenvalue weighted by atomic mass is 9.93. The van der Waals surface area contributed by atoms with Crippen molar-refractivity contribution in [2.45, 2.75) is 33.0 Å². The van der Waals surface area contributed by atoms with E-state index in [1.165, 1.54) is 0 Å². The van der Waals surface area contributed by atoms with Crippen molar-refractivity contribution in [1.29, 1.82) is 0 Å². The highest BCUT2D eigenvalue weighted by atomic mass is 16.5. The molecule has 3 heterocycles. The van der Waals surface area contributed by atoms with Gasteiger partial charge in [-0.15, -0.1) is 0 Å². The molecule has 1 aliphatic heterocycles. The average molecular weight is 386 g/mol. The van der Waals surface area contributed by atoms with Gasteiger partial charge >= 0.3 is 0 Å². The molecule has 5 nitrogen and oxygen atoms in total. The molecule has 0 aliphatic carbocycles. The summed E-state index contributed by atoms with van der Waals surface area (Å²) in [6.45, 7) is 5.96. The third kappa shape index (κ3) is 3.90. The van der Waals surface area contributed by atoms with Gasteiger partial charge in [-0.3, -0.25) is 14.8 Å². The summed E-state index contributed by atoms with van der Waals surface area (Å²) >= 11 is 0. The molecule has 0 atom stereocenters. The molecule has 2 aromatic heterocycles. The zero-order valence-corrected chi connectivity index (χ0v) is 16.7. The minimum Gasteiger partial charge on any atom is -0.487 e. The number of aryl methyl sites for hydroxylation is 1. The van der Waals surface area contributed by atoms with Gasteiger partial charge in [0.15, 0.2) is 5.60 Å². The lowest BCUT2D eigenvalue weighted by molar-refractivity contribution is -0.125. The maximum absolute atomic E-state index is 13.0. The van der Waals surface area contributed by atoms with E-state index in [0.29, 0.717) is 23.7 Å². The van der Waals surface area contributed by atoms with Crippen LogP contribution < -0.4 is 4.74 Å². The number of aromatic nitrogens is 2. The monoisotopic (exact) mass is 386 g/mol. The van der Waals surface area contributed by atoms with E-state index in [4.69, 9.17) is 9.47 Å². The molecule has 29 heavy (non-hydrogen) atoms. The summed E-state index contributed by atoms with van der Waals surface area (Å²) in [5, 5.41) is 0. The predicted octanol–water partition coefficient (Wildman–Crippen LogP) is 4.61. The third-order valence-corrected chi connectivity index (χ3v) is 4.80. The number of ketones is 1. The van der Waals surface area contributed by atoms with Crippen LogP contribution in [-0.2, 0) is 16.1 Å². The van der Waals surface area contributed by atoms with Crippen LogP contribution in [0.15, 0.2) is 67.1 Å². The maximum Gasteiger partial charge on any atom is 0.210 e. The van der Waals surface area contributed by atoms with Crippen molar-refractivity contribution < 1.29 is 14.3 Å². The van der Waals surface area contributed by atoms with Gasteiger partial charge in [-0.05, 0) is 62.2 Å². The second-order valence-electron chi connectivity index (χ2n) is 7.52. The topological polar surface area (TPSA) is 61.3 Å². The number of carbonyl (C=O) groups excluding carboxylic acids is 1. The average Bonchev–Trinajstić information content (AvgIpc) is 2.98. The van der Waals surface area contributed by atoms with Crippen LogP contribution >= 0.6 is 0 Å². The summed E-state index contributed by atoms with van der Waals surface area (Å²) in [5.74, 6) is 1.26. The molecular weight excluding hydrogens is 364 g/mol. The Balaban J connectivity index is 1.59. The molecule has 1 aromatic carbocycles. The van der Waals surface area contributed by atoms with Crippen LogP contribution in [0.4, 0.5) is 0 Å². The van der Waals surface area contributed by atoms with E-state index >= 15 is 0 Å². The van der Waals surface area contributed by atoms with E-state index in [0.717, 1.165) is 22.4 Å². The second-order valence-corrected chi connectivity index (χ2v) is 7.52. The number of ether oxygens (including phenoxy) is 2. The minimum absolute atomic E-state index is 0.0400. The quantitative estimate of drug-likeness (QED) is 0.641. The molecule has 1 aliphatic rings. The van der Waals surface area contributed by atoms with Gasteiger partial charge in [-0.2, -0.15) is 0 Å². The first-order valence-electron chi connectivity index (χ1n) is 9.47. The van der Waals surface area contributed by atoms with Crippen molar-refractivity contribution >= 4 is 17.1 Å². The number of nitrogens with zero attached hydrogens (tertiary/aromatic N) is 2. The van der Waals surface area contributed by atoms with Crippen LogP contribution in [0.25, 0.3) is 11.3 Å². The molecule has 0 fully saturated rings. The van der Waals surface area contributed by atoms with Crippen molar-refractivity contribution in [1.82, 2.24) is 9.97 Å². The molecule has 5 heteroatoms. The zero-order valence-electron chi connectivity index (χ0n) is 16.7. The molecule has 146 valence electrons. The largest absolute Gasteiger partial charge is 0.487 e. The van der Waals surface area contributed by atoms with Gasteiger partial charge in [-0.25, -0.2) is 0 Å². The Labute approximate surface area is 170 Å². The minimum atomic E-state index is -0.903. The van der Waals surface area contributed by atoms with Crippen molar-refractivity contribution in [2.24, 2.45) is 0 Å². The summed E-state index contributed by atoms with van der Waals surface area (Å²) < 4.78 is 11.8. The molecule has 0 saturated carbocycles. The molecule has 0 amide bonds. The van der Waals surface area contributed by atoms with Crippen molar-refractivity contribution in [3.05, 3.63) is 89.5 Å². The number of carbonyl (C=O) groups is 1. The number of Topliss-reactive ketones (excluding diaryl/α,β-unsaturated/α-hetero) is 1. The fraction of sp³-hybridized carbons (Fsp3) is 0.208. The molecule has 4 rings (SSSR count). The highest BCUT2D eigenvalue weighted by Crippen LogP contribution is 2.41. The Hall–Kier alpha value is -3.47. The number of benzene rings is 1. The summed E-state index contributed by atoms with van der Waals surface area (Å²) in [7, 11) is 0. The first-order valence-corrected chi connectivity index (χ1v) is 9.47. The van der Waals surface area contributed by atoms with E-state index in [1.54, 1.807) is 26.2 Å². The number of hydrogen-bond donors (Lipinski definition) is 0. The van der Waals surface area contributed by atoms with E-state index in [-0.39, 0.29) is 5.78 Å². The van der Waals surface area contributed by atoms with Crippen molar-refractivity contribution in [3.8, 4) is 5.75 Å². The SMILES string of the molecule is Cc1ccc(COc2ccc(C3=C(c4ccncc4)OC(C)(C)C3=O)cc2)nc1. The Bertz CT molecular complexity index is 1050. The Morgan fingerprint density at radius 3 is 2.34 bits per heavy atom. The van der Waals surface area contributed by atoms with Crippen LogP contribution in [0, 0.1) is 6.92 Å². The van der Waals surface area contributed by atoms with Gasteiger partial charge in [0.1, 0.15) is 18.1 Å². The summed E-state index contributed by atoms with van der Waals surface area (Å²) in [6.07, 6.45) is 5.20. The molecule has 3 aromatic rings.